The Bertz CT molecular complexity index is 1080. The molecule has 3 aromatic rings. The Hall–Kier alpha value is -2.99. The fourth-order valence-corrected chi connectivity index (χ4v) is 4.54. The van der Waals surface area contributed by atoms with Gasteiger partial charge in [-0.05, 0) is 41.3 Å². The van der Waals surface area contributed by atoms with Crippen LogP contribution in [0.1, 0.15) is 22.3 Å². The summed E-state index contributed by atoms with van der Waals surface area (Å²) in [5.74, 6) is 0.186. The van der Waals surface area contributed by atoms with Gasteiger partial charge >= 0.3 is 0 Å². The molecule has 0 aromatic heterocycles. The van der Waals surface area contributed by atoms with Gasteiger partial charge in [0, 0.05) is 38.3 Å². The molecule has 0 spiro atoms. The molecule has 2 aliphatic heterocycles. The first-order valence-electron chi connectivity index (χ1n) is 11.7. The van der Waals surface area contributed by atoms with Crippen molar-refractivity contribution >= 4 is 11.5 Å². The van der Waals surface area contributed by atoms with Crippen molar-refractivity contribution in [2.24, 2.45) is 0 Å². The molecule has 5 rings (SSSR count). The fourth-order valence-electron chi connectivity index (χ4n) is 4.54. The highest BCUT2D eigenvalue weighted by Gasteiger charge is 2.50. The Kier molecular flexibility index (Phi) is 6.53. The highest BCUT2D eigenvalue weighted by atomic mass is 16.6. The van der Waals surface area contributed by atoms with Gasteiger partial charge in [0.2, 0.25) is 0 Å². The maximum absolute atomic E-state index is 12.2. The third-order valence-corrected chi connectivity index (χ3v) is 6.55. The molecule has 2 saturated heterocycles. The second-order valence-corrected chi connectivity index (χ2v) is 9.04. The summed E-state index contributed by atoms with van der Waals surface area (Å²) in [4.78, 5) is 17.1. The Morgan fingerprint density at radius 2 is 1.52 bits per heavy atom. The highest BCUT2D eigenvalue weighted by Crippen LogP contribution is 2.35. The van der Waals surface area contributed by atoms with Crippen LogP contribution in [0.25, 0.3) is 0 Å². The van der Waals surface area contributed by atoms with Crippen molar-refractivity contribution in [1.29, 1.82) is 0 Å². The van der Waals surface area contributed by atoms with E-state index in [-0.39, 0.29) is 18.2 Å². The largest absolute Gasteiger partial charge is 0.378 e. The van der Waals surface area contributed by atoms with Crippen LogP contribution in [0, 0.1) is 6.92 Å². The number of carbonyl (C=O) groups excluding carboxylic acids is 1. The molecule has 2 aliphatic rings. The van der Waals surface area contributed by atoms with E-state index in [0.29, 0.717) is 13.0 Å². The van der Waals surface area contributed by atoms with Crippen LogP contribution in [0.5, 0.6) is 0 Å². The molecule has 2 heterocycles. The lowest BCUT2D eigenvalue weighted by atomic mass is 10.1. The number of anilines is 1. The van der Waals surface area contributed by atoms with Gasteiger partial charge in [0.05, 0.1) is 6.54 Å². The zero-order chi connectivity index (χ0) is 22.6. The molecule has 5 nitrogen and oxygen atoms in total. The molecule has 1 N–H and O–H groups in total. The van der Waals surface area contributed by atoms with Crippen molar-refractivity contribution in [3.05, 3.63) is 101 Å². The quantitative estimate of drug-likeness (QED) is 0.504. The minimum Gasteiger partial charge on any atom is -0.378 e. The first-order valence-corrected chi connectivity index (χ1v) is 11.7. The molecule has 2 unspecified atom stereocenters. The van der Waals surface area contributed by atoms with Gasteiger partial charge < -0.3 is 10.1 Å². The standard InChI is InChI=1S/C28H31N3O2/c1-21-7-5-6-10-24(21)20-31-16-15-30(27-28(31)33-27)19-23-11-13-25(14-12-23)29-18-26(32)17-22-8-3-2-4-9-22/h2-14,27-29H,15-20H2,1H3. The summed E-state index contributed by atoms with van der Waals surface area (Å²) in [7, 11) is 0. The van der Waals surface area contributed by atoms with Crippen molar-refractivity contribution in [2.45, 2.75) is 38.9 Å². The molecule has 33 heavy (non-hydrogen) atoms. The number of nitrogens with zero attached hydrogens (tertiary/aromatic N) is 2. The fraction of sp³-hybridized carbons (Fsp3) is 0.321. The number of hydrogen-bond donors (Lipinski definition) is 1. The van der Waals surface area contributed by atoms with Crippen LogP contribution in [-0.2, 0) is 29.0 Å². The van der Waals surface area contributed by atoms with Crippen LogP contribution >= 0.6 is 0 Å². The SMILES string of the molecule is Cc1ccccc1CN1CCN(Cc2ccc(NCC(=O)Cc3ccccc3)cc2)C2OC21. The topological polar surface area (TPSA) is 48.1 Å². The Labute approximate surface area is 196 Å². The van der Waals surface area contributed by atoms with E-state index >= 15 is 0 Å². The van der Waals surface area contributed by atoms with Crippen molar-refractivity contribution in [1.82, 2.24) is 9.80 Å². The van der Waals surface area contributed by atoms with E-state index in [4.69, 9.17) is 4.74 Å². The minimum absolute atomic E-state index is 0.186. The number of epoxide rings is 1. The van der Waals surface area contributed by atoms with Crippen molar-refractivity contribution in [3.8, 4) is 0 Å². The van der Waals surface area contributed by atoms with Gasteiger partial charge in [0.25, 0.3) is 0 Å². The Morgan fingerprint density at radius 3 is 2.24 bits per heavy atom. The number of ketones is 1. The molecule has 5 heteroatoms. The molecule has 2 atom stereocenters. The van der Waals surface area contributed by atoms with E-state index < -0.39 is 0 Å². The number of aryl methyl sites for hydroxylation is 1. The van der Waals surface area contributed by atoms with Gasteiger partial charge in [-0.1, -0.05) is 66.7 Å². The summed E-state index contributed by atoms with van der Waals surface area (Å²) in [5, 5.41) is 3.25. The Morgan fingerprint density at radius 1 is 0.848 bits per heavy atom. The molecular weight excluding hydrogens is 410 g/mol. The van der Waals surface area contributed by atoms with Gasteiger partial charge in [-0.15, -0.1) is 0 Å². The second kappa shape index (κ2) is 9.87. The van der Waals surface area contributed by atoms with E-state index in [0.717, 1.165) is 37.4 Å². The smallest absolute Gasteiger partial charge is 0.156 e. The number of nitrogens with one attached hydrogen (secondary N) is 1. The average molecular weight is 442 g/mol. The lowest BCUT2D eigenvalue weighted by Gasteiger charge is -2.31. The summed E-state index contributed by atoms with van der Waals surface area (Å²) in [5.41, 5.74) is 6.01. The number of ether oxygens (including phenoxy) is 1. The molecule has 0 radical (unpaired) electrons. The molecule has 0 bridgehead atoms. The van der Waals surface area contributed by atoms with Crippen molar-refractivity contribution < 1.29 is 9.53 Å². The van der Waals surface area contributed by atoms with Crippen LogP contribution in [0.15, 0.2) is 78.9 Å². The van der Waals surface area contributed by atoms with Crippen LogP contribution in [0.4, 0.5) is 5.69 Å². The number of hydrogen-bond acceptors (Lipinski definition) is 5. The maximum atomic E-state index is 12.2. The van der Waals surface area contributed by atoms with Gasteiger partial charge in [0.15, 0.2) is 18.2 Å². The first kappa shape index (κ1) is 21.8. The van der Waals surface area contributed by atoms with Gasteiger partial charge in [-0.2, -0.15) is 0 Å². The third-order valence-electron chi connectivity index (χ3n) is 6.55. The van der Waals surface area contributed by atoms with E-state index in [9.17, 15) is 4.79 Å². The number of Topliss-reactive ketones (excluding diaryl/α,β-unsaturated/α-hetero) is 1. The van der Waals surface area contributed by atoms with Crippen molar-refractivity contribution in [3.63, 3.8) is 0 Å². The molecule has 170 valence electrons. The van der Waals surface area contributed by atoms with Crippen LogP contribution in [0.3, 0.4) is 0 Å². The average Bonchev–Trinajstić information content (AvgIpc) is 3.64. The third kappa shape index (κ3) is 5.50. The molecule has 0 amide bonds. The predicted molar refractivity (Wildman–Crippen MR) is 131 cm³/mol. The number of rotatable bonds is 9. The summed E-state index contributed by atoms with van der Waals surface area (Å²) in [6.07, 6.45) is 0.857. The zero-order valence-electron chi connectivity index (χ0n) is 19.1. The van der Waals surface area contributed by atoms with Crippen molar-refractivity contribution in [2.75, 3.05) is 25.0 Å². The van der Waals surface area contributed by atoms with Gasteiger partial charge in [-0.25, -0.2) is 0 Å². The number of fused-ring (bicyclic) bond motifs is 1. The second-order valence-electron chi connectivity index (χ2n) is 9.04. The highest BCUT2D eigenvalue weighted by molar-refractivity contribution is 5.84. The first-order chi connectivity index (χ1) is 16.2. The number of piperazine rings is 1. The minimum atomic E-state index is 0.186. The summed E-state index contributed by atoms with van der Waals surface area (Å²) in [6.45, 7) is 6.36. The molecule has 0 saturated carbocycles. The Balaban J connectivity index is 1.08. The lowest BCUT2D eigenvalue weighted by molar-refractivity contribution is -0.116. The molecular formula is C28H31N3O2. The van der Waals surface area contributed by atoms with Gasteiger partial charge in [-0.3, -0.25) is 14.6 Å². The zero-order valence-corrected chi connectivity index (χ0v) is 19.1. The van der Waals surface area contributed by atoms with Crippen LogP contribution in [0.2, 0.25) is 0 Å². The molecule has 0 aliphatic carbocycles. The summed E-state index contributed by atoms with van der Waals surface area (Å²) >= 11 is 0. The van der Waals surface area contributed by atoms with E-state index in [1.807, 2.05) is 30.3 Å². The van der Waals surface area contributed by atoms with Crippen LogP contribution in [-0.4, -0.2) is 47.7 Å². The summed E-state index contributed by atoms with van der Waals surface area (Å²) in [6, 6.07) is 26.9. The van der Waals surface area contributed by atoms with Crippen LogP contribution < -0.4 is 5.32 Å². The van der Waals surface area contributed by atoms with E-state index in [2.05, 4.69) is 70.6 Å². The molecule has 3 aromatic carbocycles. The maximum Gasteiger partial charge on any atom is 0.156 e. The summed E-state index contributed by atoms with van der Waals surface area (Å²) < 4.78 is 6.03. The van der Waals surface area contributed by atoms with Gasteiger partial charge in [0.1, 0.15) is 0 Å². The normalized spacial score (nSPS) is 20.3. The predicted octanol–water partition coefficient (Wildman–Crippen LogP) is 4.22. The molecule has 2 fully saturated rings. The monoisotopic (exact) mass is 441 g/mol. The lowest BCUT2D eigenvalue weighted by Crippen LogP contribution is -2.45. The van der Waals surface area contributed by atoms with E-state index in [1.54, 1.807) is 0 Å². The number of carbonyl (C=O) groups is 1. The number of benzene rings is 3. The van der Waals surface area contributed by atoms with E-state index in [1.165, 1.54) is 16.7 Å².